The summed E-state index contributed by atoms with van der Waals surface area (Å²) in [6.07, 6.45) is -0.512. The van der Waals surface area contributed by atoms with Gasteiger partial charge in [0.25, 0.3) is 0 Å². The van der Waals surface area contributed by atoms with E-state index in [1.165, 1.54) is 0 Å². The topological polar surface area (TPSA) is 159 Å². The predicted octanol–water partition coefficient (Wildman–Crippen LogP) is -1.82. The van der Waals surface area contributed by atoms with Crippen molar-refractivity contribution in [3.05, 3.63) is 0 Å². The van der Waals surface area contributed by atoms with Gasteiger partial charge >= 0.3 is 11.9 Å². The lowest BCUT2D eigenvalue weighted by molar-refractivity contribution is -0.141. The van der Waals surface area contributed by atoms with Gasteiger partial charge in [-0.05, 0) is 13.8 Å². The van der Waals surface area contributed by atoms with Crippen LogP contribution in [0.15, 0.2) is 0 Å². The first kappa shape index (κ1) is 19.2. The third kappa shape index (κ3) is 7.51. The van der Waals surface area contributed by atoms with Gasteiger partial charge in [-0.2, -0.15) is 12.6 Å². The van der Waals surface area contributed by atoms with Gasteiger partial charge in [-0.25, -0.2) is 0 Å². The van der Waals surface area contributed by atoms with Crippen molar-refractivity contribution in [2.24, 2.45) is 5.73 Å². The number of carboxylic acid groups (broad SMARTS) is 2. The minimum absolute atomic E-state index is 0.512. The SMILES string of the molecule is CC(C)(S)[C@@H](NC(=O)C[C@H](N)C(=O)O)C(=O)NCC(=O)O. The van der Waals surface area contributed by atoms with Crippen molar-refractivity contribution < 1.29 is 29.4 Å². The van der Waals surface area contributed by atoms with Gasteiger partial charge in [0, 0.05) is 4.75 Å². The maximum atomic E-state index is 11.9. The van der Waals surface area contributed by atoms with E-state index in [1.807, 2.05) is 0 Å². The van der Waals surface area contributed by atoms with Crippen molar-refractivity contribution >= 4 is 36.4 Å². The first-order valence-corrected chi connectivity index (χ1v) is 6.39. The van der Waals surface area contributed by atoms with Gasteiger partial charge in [0.2, 0.25) is 11.8 Å². The van der Waals surface area contributed by atoms with Gasteiger partial charge in [-0.3, -0.25) is 19.2 Å². The van der Waals surface area contributed by atoms with Crippen LogP contribution in [0.1, 0.15) is 20.3 Å². The summed E-state index contributed by atoms with van der Waals surface area (Å²) in [7, 11) is 0. The quantitative estimate of drug-likeness (QED) is 0.287. The van der Waals surface area contributed by atoms with Gasteiger partial charge in [0.1, 0.15) is 18.6 Å². The number of aliphatic carboxylic acids is 2. The Bertz CT molecular complexity index is 434. The second-order valence-corrected chi connectivity index (χ2v) is 6.07. The number of nitrogens with one attached hydrogen (secondary N) is 2. The molecule has 120 valence electrons. The smallest absolute Gasteiger partial charge is 0.322 e. The van der Waals surface area contributed by atoms with Crippen LogP contribution in [0.5, 0.6) is 0 Å². The van der Waals surface area contributed by atoms with Crippen LogP contribution in [0.2, 0.25) is 0 Å². The Morgan fingerprint density at radius 2 is 1.76 bits per heavy atom. The molecule has 0 aliphatic heterocycles. The largest absolute Gasteiger partial charge is 0.480 e. The number of carboxylic acids is 2. The second-order valence-electron chi connectivity index (χ2n) is 4.91. The highest BCUT2D eigenvalue weighted by atomic mass is 32.1. The maximum Gasteiger partial charge on any atom is 0.322 e. The van der Waals surface area contributed by atoms with Crippen molar-refractivity contribution in [2.45, 2.75) is 37.1 Å². The second kappa shape index (κ2) is 7.84. The van der Waals surface area contributed by atoms with E-state index in [0.29, 0.717) is 0 Å². The molecule has 0 aromatic carbocycles. The molecule has 0 fully saturated rings. The van der Waals surface area contributed by atoms with Crippen molar-refractivity contribution in [3.8, 4) is 0 Å². The molecule has 6 N–H and O–H groups in total. The minimum atomic E-state index is -1.39. The molecule has 2 amide bonds. The first-order chi connectivity index (χ1) is 9.45. The summed E-state index contributed by atoms with van der Waals surface area (Å²) in [5.41, 5.74) is 5.22. The maximum absolute atomic E-state index is 11.9. The van der Waals surface area contributed by atoms with Crippen LogP contribution >= 0.6 is 12.6 Å². The standard InChI is InChI=1S/C11H19N3O6S/c1-11(2,21)8(9(18)13-4-7(16)17)14-6(15)3-5(12)10(19)20/h5,8,21H,3-4,12H2,1-2H3,(H,13,18)(H,14,15)(H,16,17)(H,19,20)/t5-,8-/m0/s1. The fraction of sp³-hybridized carbons (Fsp3) is 0.636. The van der Waals surface area contributed by atoms with E-state index < -0.39 is 53.5 Å². The van der Waals surface area contributed by atoms with E-state index in [1.54, 1.807) is 13.8 Å². The molecule has 0 unspecified atom stereocenters. The zero-order valence-corrected chi connectivity index (χ0v) is 12.5. The number of thiol groups is 1. The van der Waals surface area contributed by atoms with E-state index >= 15 is 0 Å². The molecule has 9 nitrogen and oxygen atoms in total. The Morgan fingerprint density at radius 3 is 2.14 bits per heavy atom. The first-order valence-electron chi connectivity index (χ1n) is 5.94. The molecule has 0 aromatic heterocycles. The lowest BCUT2D eigenvalue weighted by atomic mass is 10.0. The summed E-state index contributed by atoms with van der Waals surface area (Å²) in [5, 5.41) is 21.5. The molecule has 0 rings (SSSR count). The van der Waals surface area contributed by atoms with Crippen LogP contribution in [0.25, 0.3) is 0 Å². The average molecular weight is 321 g/mol. The summed E-state index contributed by atoms with van der Waals surface area (Å²) in [5.74, 6) is -4.07. The van der Waals surface area contributed by atoms with Crippen molar-refractivity contribution in [1.29, 1.82) is 0 Å². The van der Waals surface area contributed by atoms with E-state index in [9.17, 15) is 19.2 Å². The van der Waals surface area contributed by atoms with E-state index in [0.717, 1.165) is 0 Å². The zero-order valence-electron chi connectivity index (χ0n) is 11.6. The Morgan fingerprint density at radius 1 is 1.24 bits per heavy atom. The number of rotatable bonds is 8. The molecule has 0 radical (unpaired) electrons. The highest BCUT2D eigenvalue weighted by molar-refractivity contribution is 7.81. The molecule has 0 heterocycles. The summed E-state index contributed by atoms with van der Waals surface area (Å²) >= 11 is 4.17. The summed E-state index contributed by atoms with van der Waals surface area (Å²) in [6.45, 7) is 2.47. The molecule has 21 heavy (non-hydrogen) atoms. The van der Waals surface area contributed by atoms with Crippen LogP contribution in [0, 0.1) is 0 Å². The highest BCUT2D eigenvalue weighted by Crippen LogP contribution is 2.18. The third-order valence-corrected chi connectivity index (χ3v) is 2.67. The fourth-order valence-corrected chi connectivity index (χ4v) is 1.52. The molecule has 10 heteroatoms. The van der Waals surface area contributed by atoms with Crippen LogP contribution < -0.4 is 16.4 Å². The Hall–Kier alpha value is -1.81. The number of hydrogen-bond donors (Lipinski definition) is 6. The summed E-state index contributed by atoms with van der Waals surface area (Å²) in [6, 6.07) is -2.54. The van der Waals surface area contributed by atoms with Crippen LogP contribution in [0.3, 0.4) is 0 Å². The summed E-state index contributed by atoms with van der Waals surface area (Å²) < 4.78 is -0.994. The number of nitrogens with two attached hydrogens (primary N) is 1. The third-order valence-electron chi connectivity index (χ3n) is 2.41. The van der Waals surface area contributed by atoms with Crippen molar-refractivity contribution in [2.75, 3.05) is 6.54 Å². The van der Waals surface area contributed by atoms with Gasteiger partial charge in [-0.1, -0.05) is 0 Å². The van der Waals surface area contributed by atoms with Crippen molar-refractivity contribution in [3.63, 3.8) is 0 Å². The molecular formula is C11H19N3O6S. The lowest BCUT2D eigenvalue weighted by Gasteiger charge is -2.29. The van der Waals surface area contributed by atoms with Crippen molar-refractivity contribution in [1.82, 2.24) is 10.6 Å². The molecule has 0 saturated heterocycles. The fourth-order valence-electron chi connectivity index (χ4n) is 1.33. The highest BCUT2D eigenvalue weighted by Gasteiger charge is 2.34. The monoisotopic (exact) mass is 321 g/mol. The van der Waals surface area contributed by atoms with Crippen LogP contribution in [0.4, 0.5) is 0 Å². The number of carbonyl (C=O) groups is 4. The molecule has 0 aliphatic rings. The lowest BCUT2D eigenvalue weighted by Crippen LogP contribution is -2.57. The number of hydrogen-bond acceptors (Lipinski definition) is 6. The molecule has 0 aliphatic carbocycles. The van der Waals surface area contributed by atoms with Gasteiger partial charge in [0.15, 0.2) is 0 Å². The van der Waals surface area contributed by atoms with Gasteiger partial charge < -0.3 is 26.6 Å². The minimum Gasteiger partial charge on any atom is -0.480 e. The molecular weight excluding hydrogens is 302 g/mol. The zero-order chi connectivity index (χ0) is 16.8. The van der Waals surface area contributed by atoms with Gasteiger partial charge in [0.05, 0.1) is 6.42 Å². The van der Waals surface area contributed by atoms with Crippen LogP contribution in [-0.2, 0) is 19.2 Å². The van der Waals surface area contributed by atoms with Crippen LogP contribution in [-0.4, -0.2) is 57.3 Å². The molecule has 0 saturated carbocycles. The summed E-state index contributed by atoms with van der Waals surface area (Å²) in [4.78, 5) is 44.5. The Balaban J connectivity index is 4.79. The molecule has 0 bridgehead atoms. The average Bonchev–Trinajstić information content (AvgIpc) is 2.31. The van der Waals surface area contributed by atoms with E-state index in [4.69, 9.17) is 15.9 Å². The van der Waals surface area contributed by atoms with E-state index in [-0.39, 0.29) is 0 Å². The Labute approximate surface area is 126 Å². The van der Waals surface area contributed by atoms with Gasteiger partial charge in [-0.15, -0.1) is 0 Å². The number of amides is 2. The predicted molar refractivity (Wildman–Crippen MR) is 75.9 cm³/mol. The van der Waals surface area contributed by atoms with E-state index in [2.05, 4.69) is 23.3 Å². The molecule has 0 spiro atoms. The molecule has 0 aromatic rings. The molecule has 2 atom stereocenters. The normalized spacial score (nSPS) is 13.9. The Kier molecular flexibility index (Phi) is 7.16. The number of carbonyl (C=O) groups excluding carboxylic acids is 2.